The van der Waals surface area contributed by atoms with Gasteiger partial charge in [-0.1, -0.05) is 47.6 Å². The number of benzene rings is 1. The molecule has 0 spiro atoms. The van der Waals surface area contributed by atoms with E-state index in [-0.39, 0.29) is 23.3 Å². The summed E-state index contributed by atoms with van der Waals surface area (Å²) in [5, 5.41) is 15.3. The average molecular weight is 385 g/mol. The summed E-state index contributed by atoms with van der Waals surface area (Å²) in [6.45, 7) is 14.6. The first-order valence-corrected chi connectivity index (χ1v) is 9.50. The van der Waals surface area contributed by atoms with Gasteiger partial charge in [-0.25, -0.2) is 0 Å². The lowest BCUT2D eigenvalue weighted by Crippen LogP contribution is -2.17. The van der Waals surface area contributed by atoms with Gasteiger partial charge in [0.2, 0.25) is 0 Å². The molecule has 0 saturated carbocycles. The summed E-state index contributed by atoms with van der Waals surface area (Å²) >= 11 is 0. The lowest BCUT2D eigenvalue weighted by molar-refractivity contribution is -0.141. The summed E-state index contributed by atoms with van der Waals surface area (Å²) in [6.07, 6.45) is 3.92. The van der Waals surface area contributed by atoms with Crippen LogP contribution in [0.1, 0.15) is 69.6 Å². The van der Waals surface area contributed by atoms with Crippen molar-refractivity contribution < 1.29 is 14.6 Å². The molecule has 0 fully saturated rings. The number of ether oxygens (including phenoxy) is 1. The fourth-order valence-corrected chi connectivity index (χ4v) is 3.04. The molecule has 152 valence electrons. The summed E-state index contributed by atoms with van der Waals surface area (Å²) in [6, 6.07) is 5.98. The molecule has 28 heavy (non-hydrogen) atoms. The molecule has 1 aromatic carbocycles. The molecule has 1 N–H and O–H groups in total. The Labute approximate surface area is 168 Å². The van der Waals surface area contributed by atoms with Crippen molar-refractivity contribution >= 4 is 18.1 Å². The largest absolute Gasteiger partial charge is 0.507 e. The van der Waals surface area contributed by atoms with Crippen LogP contribution in [0.4, 0.5) is 0 Å². The van der Waals surface area contributed by atoms with Gasteiger partial charge in [-0.3, -0.25) is 9.48 Å². The molecule has 0 atom stereocenters. The molecular formula is C23H32N2O3. The van der Waals surface area contributed by atoms with Crippen LogP contribution >= 0.6 is 0 Å². The van der Waals surface area contributed by atoms with Crippen LogP contribution in [0.5, 0.6) is 5.75 Å². The highest BCUT2D eigenvalue weighted by molar-refractivity contribution is 5.71. The minimum absolute atomic E-state index is 0.0950. The lowest BCUT2D eigenvalue weighted by atomic mass is 9.78. The smallest absolute Gasteiger partial charge is 0.327 e. The number of hydrogen-bond acceptors (Lipinski definition) is 4. The summed E-state index contributed by atoms with van der Waals surface area (Å²) in [4.78, 5) is 11.5. The van der Waals surface area contributed by atoms with Gasteiger partial charge in [-0.15, -0.1) is 0 Å². The normalized spacial score (nSPS) is 12.6. The number of phenols is 1. The predicted octanol–water partition coefficient (Wildman–Crippen LogP) is 4.84. The fourth-order valence-electron chi connectivity index (χ4n) is 3.04. The first-order chi connectivity index (χ1) is 12.8. The monoisotopic (exact) mass is 384 g/mol. The molecule has 5 nitrogen and oxygen atoms in total. The third kappa shape index (κ3) is 5.03. The number of carbonyl (C=O) groups is 1. The molecule has 0 radical (unpaired) electrons. The molecule has 2 aromatic rings. The van der Waals surface area contributed by atoms with Gasteiger partial charge < -0.3 is 9.84 Å². The van der Waals surface area contributed by atoms with Gasteiger partial charge in [0.1, 0.15) is 12.3 Å². The van der Waals surface area contributed by atoms with Crippen molar-refractivity contribution in [3.05, 3.63) is 46.3 Å². The zero-order valence-electron chi connectivity index (χ0n) is 18.3. The molecule has 0 aliphatic carbocycles. The Hall–Kier alpha value is -2.56. The number of esters is 1. The van der Waals surface area contributed by atoms with Crippen LogP contribution in [0.3, 0.4) is 0 Å². The quantitative estimate of drug-likeness (QED) is 0.767. The van der Waals surface area contributed by atoms with Gasteiger partial charge in [-0.05, 0) is 47.6 Å². The topological polar surface area (TPSA) is 64.4 Å². The molecule has 0 unspecified atom stereocenters. The maximum Gasteiger partial charge on any atom is 0.327 e. The predicted molar refractivity (Wildman–Crippen MR) is 113 cm³/mol. The van der Waals surface area contributed by atoms with Crippen molar-refractivity contribution in [1.82, 2.24) is 9.78 Å². The number of rotatable bonds is 4. The number of phenolic OH excluding ortho intramolecular Hbond substituents is 1. The van der Waals surface area contributed by atoms with Crippen LogP contribution in [0.15, 0.2) is 18.2 Å². The van der Waals surface area contributed by atoms with Crippen molar-refractivity contribution in [3.8, 4) is 5.75 Å². The van der Waals surface area contributed by atoms with Crippen molar-refractivity contribution in [3.63, 3.8) is 0 Å². The van der Waals surface area contributed by atoms with Gasteiger partial charge in [0, 0.05) is 16.8 Å². The van der Waals surface area contributed by atoms with Gasteiger partial charge in [0.05, 0.1) is 12.8 Å². The maximum absolute atomic E-state index is 11.5. The first kappa shape index (κ1) is 21.7. The third-order valence-corrected chi connectivity index (χ3v) is 4.70. The van der Waals surface area contributed by atoms with Crippen molar-refractivity contribution in [2.24, 2.45) is 0 Å². The van der Waals surface area contributed by atoms with E-state index >= 15 is 0 Å². The van der Waals surface area contributed by atoms with Gasteiger partial charge in [0.25, 0.3) is 0 Å². The number of methoxy groups -OCH3 is 1. The molecular weight excluding hydrogens is 352 g/mol. The van der Waals surface area contributed by atoms with Crippen molar-refractivity contribution in [2.45, 2.75) is 65.8 Å². The zero-order valence-corrected chi connectivity index (χ0v) is 18.3. The Morgan fingerprint density at radius 3 is 2.07 bits per heavy atom. The van der Waals surface area contributed by atoms with Crippen molar-refractivity contribution in [2.75, 3.05) is 7.11 Å². The second-order valence-electron chi connectivity index (χ2n) is 9.24. The Morgan fingerprint density at radius 2 is 1.61 bits per heavy atom. The Kier molecular flexibility index (Phi) is 6.07. The second-order valence-corrected chi connectivity index (χ2v) is 9.24. The number of carbonyl (C=O) groups excluding carboxylic acids is 1. The van der Waals surface area contributed by atoms with E-state index in [1.165, 1.54) is 7.11 Å². The highest BCUT2D eigenvalue weighted by Crippen LogP contribution is 2.40. The third-order valence-electron chi connectivity index (χ3n) is 4.70. The van der Waals surface area contributed by atoms with Gasteiger partial charge in [0.15, 0.2) is 0 Å². The number of aryl methyl sites for hydroxylation is 1. The molecule has 0 amide bonds. The molecule has 0 aliphatic heterocycles. The lowest BCUT2D eigenvalue weighted by Gasteiger charge is -2.27. The Bertz CT molecular complexity index is 859. The van der Waals surface area contributed by atoms with Crippen LogP contribution in [0, 0.1) is 6.92 Å². The van der Waals surface area contributed by atoms with E-state index < -0.39 is 0 Å². The van der Waals surface area contributed by atoms with Gasteiger partial charge in [-0.2, -0.15) is 5.10 Å². The van der Waals surface area contributed by atoms with E-state index in [1.807, 2.05) is 37.3 Å². The standard InChI is InChI=1S/C23H32N2O3/c1-15-11-17(24-25(15)14-20(26)28-8)10-9-16-12-18(22(2,3)4)21(27)19(13-16)23(5,6)7/h9-13,27H,14H2,1-8H3. The van der Waals surface area contributed by atoms with Crippen LogP contribution in [-0.2, 0) is 26.9 Å². The number of aromatic nitrogens is 2. The van der Waals surface area contributed by atoms with Crippen molar-refractivity contribution in [1.29, 1.82) is 0 Å². The van der Waals surface area contributed by atoms with Crippen LogP contribution in [0.2, 0.25) is 0 Å². The molecule has 0 saturated heterocycles. The van der Waals surface area contributed by atoms with Crippen LogP contribution in [0.25, 0.3) is 12.2 Å². The number of aromatic hydroxyl groups is 1. The zero-order chi connectivity index (χ0) is 21.3. The van der Waals surface area contributed by atoms with E-state index in [4.69, 9.17) is 4.74 Å². The minimum Gasteiger partial charge on any atom is -0.507 e. The van der Waals surface area contributed by atoms with E-state index in [0.29, 0.717) is 5.75 Å². The Balaban J connectivity index is 2.43. The first-order valence-electron chi connectivity index (χ1n) is 9.50. The van der Waals surface area contributed by atoms with E-state index in [0.717, 1.165) is 28.1 Å². The van der Waals surface area contributed by atoms with Gasteiger partial charge >= 0.3 is 5.97 Å². The molecule has 1 aromatic heterocycles. The summed E-state index contributed by atoms with van der Waals surface area (Å²) in [7, 11) is 1.37. The molecule has 0 aliphatic rings. The Morgan fingerprint density at radius 1 is 1.07 bits per heavy atom. The summed E-state index contributed by atoms with van der Waals surface area (Å²) < 4.78 is 6.34. The van der Waals surface area contributed by atoms with Crippen LogP contribution in [-0.4, -0.2) is 28.0 Å². The number of hydrogen-bond donors (Lipinski definition) is 1. The highest BCUT2D eigenvalue weighted by Gasteiger charge is 2.26. The minimum atomic E-state index is -0.329. The molecule has 1 heterocycles. The summed E-state index contributed by atoms with van der Waals surface area (Å²) in [5.41, 5.74) is 4.16. The fraction of sp³-hybridized carbons (Fsp3) is 0.478. The average Bonchev–Trinajstić information content (AvgIpc) is 2.91. The maximum atomic E-state index is 11.5. The van der Waals surface area contributed by atoms with E-state index in [1.54, 1.807) is 4.68 Å². The summed E-state index contributed by atoms with van der Waals surface area (Å²) in [5.74, 6) is 0.0419. The highest BCUT2D eigenvalue weighted by atomic mass is 16.5. The molecule has 0 bridgehead atoms. The van der Waals surface area contributed by atoms with E-state index in [9.17, 15) is 9.90 Å². The molecule has 5 heteroatoms. The van der Waals surface area contributed by atoms with E-state index in [2.05, 4.69) is 46.6 Å². The SMILES string of the molecule is COC(=O)Cn1nc(C=Cc2cc(C(C)(C)C)c(O)c(C(C)(C)C)c2)cc1C. The number of nitrogens with zero attached hydrogens (tertiary/aromatic N) is 2. The molecule has 2 rings (SSSR count). The second kappa shape index (κ2) is 7.82. The van der Waals surface area contributed by atoms with Crippen LogP contribution < -0.4 is 0 Å².